The first kappa shape index (κ1) is 15.8. The first-order valence-corrected chi connectivity index (χ1v) is 7.85. The fraction of sp³-hybridized carbons (Fsp3) is 0.571. The summed E-state index contributed by atoms with van der Waals surface area (Å²) >= 11 is 8.12. The highest BCUT2D eigenvalue weighted by atomic mass is 35.5. The molecule has 1 rings (SSSR count). The van der Waals surface area contributed by atoms with Gasteiger partial charge in [0.2, 0.25) is 0 Å². The average Bonchev–Trinajstić information content (AvgIpc) is 2.37. The SMILES string of the molecule is CCN(CC)CCSc1ccc(CNC)cc1Cl. The molecule has 1 N–H and O–H groups in total. The smallest absolute Gasteiger partial charge is 0.0545 e. The molecule has 0 heterocycles. The lowest BCUT2D eigenvalue weighted by Crippen LogP contribution is -2.25. The second-order valence-corrected chi connectivity index (χ2v) is 5.71. The van der Waals surface area contributed by atoms with Crippen LogP contribution < -0.4 is 5.32 Å². The van der Waals surface area contributed by atoms with Gasteiger partial charge in [0, 0.05) is 23.7 Å². The molecule has 0 spiro atoms. The van der Waals surface area contributed by atoms with Crippen LogP contribution >= 0.6 is 23.4 Å². The molecule has 1 aromatic carbocycles. The fourth-order valence-corrected chi connectivity index (χ4v) is 3.10. The van der Waals surface area contributed by atoms with Crippen molar-refractivity contribution < 1.29 is 0 Å². The Balaban J connectivity index is 2.47. The van der Waals surface area contributed by atoms with E-state index in [1.807, 2.05) is 18.8 Å². The minimum absolute atomic E-state index is 0.865. The van der Waals surface area contributed by atoms with Crippen LogP contribution in [0.2, 0.25) is 5.02 Å². The van der Waals surface area contributed by atoms with Crippen molar-refractivity contribution in [2.24, 2.45) is 0 Å². The molecule has 0 saturated heterocycles. The molecular formula is C14H23ClN2S. The highest BCUT2D eigenvalue weighted by Crippen LogP contribution is 2.28. The van der Waals surface area contributed by atoms with Gasteiger partial charge in [0.1, 0.15) is 0 Å². The highest BCUT2D eigenvalue weighted by molar-refractivity contribution is 7.99. The van der Waals surface area contributed by atoms with E-state index in [9.17, 15) is 0 Å². The molecule has 102 valence electrons. The lowest BCUT2D eigenvalue weighted by atomic mass is 10.2. The van der Waals surface area contributed by atoms with Crippen molar-refractivity contribution >= 4 is 23.4 Å². The van der Waals surface area contributed by atoms with Crippen LogP contribution in [0.4, 0.5) is 0 Å². The third-order valence-electron chi connectivity index (χ3n) is 2.94. The number of nitrogens with one attached hydrogen (secondary N) is 1. The van der Waals surface area contributed by atoms with Gasteiger partial charge in [-0.05, 0) is 37.8 Å². The second kappa shape index (κ2) is 8.81. The minimum atomic E-state index is 0.865. The Morgan fingerprint density at radius 1 is 1.28 bits per heavy atom. The Hall–Kier alpha value is -0.220. The molecule has 2 nitrogen and oxygen atoms in total. The summed E-state index contributed by atoms with van der Waals surface area (Å²) in [5, 5.41) is 4.00. The number of rotatable bonds is 8. The van der Waals surface area contributed by atoms with Gasteiger partial charge in [-0.1, -0.05) is 31.5 Å². The van der Waals surface area contributed by atoms with Crippen molar-refractivity contribution in [3.05, 3.63) is 28.8 Å². The van der Waals surface area contributed by atoms with Gasteiger partial charge in [-0.15, -0.1) is 11.8 Å². The third-order valence-corrected chi connectivity index (χ3v) is 4.42. The quantitative estimate of drug-likeness (QED) is 0.737. The van der Waals surface area contributed by atoms with Crippen LogP contribution in [0.5, 0.6) is 0 Å². The van der Waals surface area contributed by atoms with Crippen LogP contribution in [0.1, 0.15) is 19.4 Å². The predicted molar refractivity (Wildman–Crippen MR) is 82.7 cm³/mol. The van der Waals surface area contributed by atoms with Crippen molar-refractivity contribution in [1.82, 2.24) is 10.2 Å². The van der Waals surface area contributed by atoms with E-state index < -0.39 is 0 Å². The molecule has 0 aliphatic rings. The molecule has 18 heavy (non-hydrogen) atoms. The molecule has 0 bridgehead atoms. The first-order chi connectivity index (χ1) is 8.71. The summed E-state index contributed by atoms with van der Waals surface area (Å²) in [7, 11) is 1.95. The standard InChI is InChI=1S/C14H23ClN2S/c1-4-17(5-2)8-9-18-14-7-6-12(11-16-3)10-13(14)15/h6-7,10,16H,4-5,8-9,11H2,1-3H3. The molecule has 1 aromatic rings. The second-order valence-electron chi connectivity index (χ2n) is 4.17. The van der Waals surface area contributed by atoms with E-state index in [4.69, 9.17) is 11.6 Å². The summed E-state index contributed by atoms with van der Waals surface area (Å²) in [4.78, 5) is 3.61. The summed E-state index contributed by atoms with van der Waals surface area (Å²) in [6.07, 6.45) is 0. The minimum Gasteiger partial charge on any atom is -0.316 e. The Kier molecular flexibility index (Phi) is 7.75. The molecule has 0 aromatic heterocycles. The molecule has 0 radical (unpaired) electrons. The van der Waals surface area contributed by atoms with E-state index >= 15 is 0 Å². The zero-order chi connectivity index (χ0) is 13.4. The zero-order valence-electron chi connectivity index (χ0n) is 11.5. The molecule has 0 unspecified atom stereocenters. The van der Waals surface area contributed by atoms with E-state index in [0.29, 0.717) is 0 Å². The molecule has 0 aliphatic heterocycles. The third kappa shape index (κ3) is 5.19. The van der Waals surface area contributed by atoms with Crippen molar-refractivity contribution in [2.75, 3.05) is 32.4 Å². The lowest BCUT2D eigenvalue weighted by molar-refractivity contribution is 0.324. The summed E-state index contributed by atoms with van der Waals surface area (Å²) in [6.45, 7) is 8.62. The maximum Gasteiger partial charge on any atom is 0.0545 e. The predicted octanol–water partition coefficient (Wildman–Crippen LogP) is 3.49. The number of benzene rings is 1. The summed E-state index contributed by atoms with van der Waals surface area (Å²) < 4.78 is 0. The Bertz CT molecular complexity index is 354. The van der Waals surface area contributed by atoms with Crippen molar-refractivity contribution in [1.29, 1.82) is 0 Å². The molecule has 0 aliphatic carbocycles. The lowest BCUT2D eigenvalue weighted by Gasteiger charge is -2.17. The van der Waals surface area contributed by atoms with E-state index in [1.165, 1.54) is 10.5 Å². The van der Waals surface area contributed by atoms with Crippen LogP contribution in [-0.2, 0) is 6.54 Å². The van der Waals surface area contributed by atoms with Crippen molar-refractivity contribution in [2.45, 2.75) is 25.3 Å². The van der Waals surface area contributed by atoms with Gasteiger partial charge in [0.15, 0.2) is 0 Å². The fourth-order valence-electron chi connectivity index (χ4n) is 1.80. The summed E-state index contributed by atoms with van der Waals surface area (Å²) in [6, 6.07) is 6.32. The van der Waals surface area contributed by atoms with Crippen molar-refractivity contribution in [3.63, 3.8) is 0 Å². The van der Waals surface area contributed by atoms with Crippen LogP contribution in [0.25, 0.3) is 0 Å². The number of nitrogens with zero attached hydrogens (tertiary/aromatic N) is 1. The molecule has 4 heteroatoms. The van der Waals surface area contributed by atoms with Crippen LogP contribution in [-0.4, -0.2) is 37.3 Å². The molecule has 0 atom stereocenters. The van der Waals surface area contributed by atoms with Gasteiger partial charge in [0.25, 0.3) is 0 Å². The number of hydrogen-bond acceptors (Lipinski definition) is 3. The maximum atomic E-state index is 6.29. The van der Waals surface area contributed by atoms with E-state index in [2.05, 4.69) is 42.3 Å². The average molecular weight is 287 g/mol. The monoisotopic (exact) mass is 286 g/mol. The van der Waals surface area contributed by atoms with Gasteiger partial charge in [0.05, 0.1) is 5.02 Å². The molecular weight excluding hydrogens is 264 g/mol. The summed E-state index contributed by atoms with van der Waals surface area (Å²) in [5.41, 5.74) is 1.23. The van der Waals surface area contributed by atoms with Gasteiger partial charge in [-0.3, -0.25) is 0 Å². The molecule has 0 saturated carbocycles. The van der Waals surface area contributed by atoms with E-state index in [-0.39, 0.29) is 0 Å². The van der Waals surface area contributed by atoms with Crippen LogP contribution in [0, 0.1) is 0 Å². The Morgan fingerprint density at radius 2 is 2.00 bits per heavy atom. The Labute approximate surface area is 120 Å². The molecule has 0 fully saturated rings. The zero-order valence-corrected chi connectivity index (χ0v) is 13.1. The first-order valence-electron chi connectivity index (χ1n) is 6.49. The summed E-state index contributed by atoms with van der Waals surface area (Å²) in [5.74, 6) is 1.09. The number of thioether (sulfide) groups is 1. The molecule has 0 amide bonds. The van der Waals surface area contributed by atoms with E-state index in [0.717, 1.165) is 37.0 Å². The highest BCUT2D eigenvalue weighted by Gasteiger charge is 2.04. The van der Waals surface area contributed by atoms with Gasteiger partial charge in [-0.2, -0.15) is 0 Å². The van der Waals surface area contributed by atoms with Crippen LogP contribution in [0.3, 0.4) is 0 Å². The largest absolute Gasteiger partial charge is 0.316 e. The topological polar surface area (TPSA) is 15.3 Å². The normalized spacial score (nSPS) is 11.2. The van der Waals surface area contributed by atoms with Gasteiger partial charge < -0.3 is 10.2 Å². The van der Waals surface area contributed by atoms with Crippen molar-refractivity contribution in [3.8, 4) is 0 Å². The Morgan fingerprint density at radius 3 is 2.56 bits per heavy atom. The number of hydrogen-bond donors (Lipinski definition) is 1. The number of halogens is 1. The van der Waals surface area contributed by atoms with E-state index in [1.54, 1.807) is 0 Å². The maximum absolute atomic E-state index is 6.29. The van der Waals surface area contributed by atoms with Crippen LogP contribution in [0.15, 0.2) is 23.1 Å². The van der Waals surface area contributed by atoms with Gasteiger partial charge in [-0.25, -0.2) is 0 Å². The van der Waals surface area contributed by atoms with Gasteiger partial charge >= 0.3 is 0 Å².